The van der Waals surface area contributed by atoms with Crippen molar-refractivity contribution in [2.75, 3.05) is 30.0 Å². The lowest BCUT2D eigenvalue weighted by atomic mass is 9.95. The van der Waals surface area contributed by atoms with E-state index in [1.54, 1.807) is 18.2 Å². The maximum absolute atomic E-state index is 12.8. The van der Waals surface area contributed by atoms with Gasteiger partial charge in [0.1, 0.15) is 5.00 Å². The molecule has 0 saturated heterocycles. The number of hydrogen-bond acceptors (Lipinski definition) is 6. The van der Waals surface area contributed by atoms with Crippen LogP contribution in [0.5, 0.6) is 0 Å². The molecule has 0 unspecified atom stereocenters. The summed E-state index contributed by atoms with van der Waals surface area (Å²) in [6.07, 6.45) is 4.83. The number of rotatable bonds is 5. The second-order valence-corrected chi connectivity index (χ2v) is 9.76. The zero-order valence-corrected chi connectivity index (χ0v) is 17.6. The van der Waals surface area contributed by atoms with E-state index in [4.69, 9.17) is 4.74 Å². The lowest BCUT2D eigenvalue weighted by molar-refractivity contribution is 0.0601. The van der Waals surface area contributed by atoms with Crippen LogP contribution in [-0.4, -0.2) is 40.7 Å². The lowest BCUT2D eigenvalue weighted by Crippen LogP contribution is -2.25. The number of ether oxygens (including phenoxy) is 1. The highest BCUT2D eigenvalue weighted by atomic mass is 32.2. The summed E-state index contributed by atoms with van der Waals surface area (Å²) >= 11 is 1.40. The van der Waals surface area contributed by atoms with Crippen molar-refractivity contribution in [3.63, 3.8) is 0 Å². The summed E-state index contributed by atoms with van der Waals surface area (Å²) in [6.45, 7) is 0. The van der Waals surface area contributed by atoms with Crippen molar-refractivity contribution in [3.8, 4) is 0 Å². The predicted molar refractivity (Wildman–Crippen MR) is 110 cm³/mol. The molecule has 150 valence electrons. The number of fused-ring (bicyclic) bond motifs is 1. The first-order valence-corrected chi connectivity index (χ1v) is 11.5. The number of methoxy groups -OCH3 is 1. The quantitative estimate of drug-likeness (QED) is 0.748. The number of sulfonamides is 1. The number of aryl methyl sites for hydroxylation is 1. The molecule has 3 rings (SSSR count). The van der Waals surface area contributed by atoms with Crippen molar-refractivity contribution >= 4 is 43.9 Å². The van der Waals surface area contributed by atoms with E-state index in [1.165, 1.54) is 31.6 Å². The Balaban J connectivity index is 1.92. The second-order valence-electron chi connectivity index (χ2n) is 6.64. The first kappa shape index (κ1) is 20.3. The number of nitrogens with one attached hydrogen (secondary N) is 1. The van der Waals surface area contributed by atoms with E-state index < -0.39 is 21.9 Å². The molecule has 0 bridgehead atoms. The molecule has 7 nitrogen and oxygen atoms in total. The summed E-state index contributed by atoms with van der Waals surface area (Å²) in [4.78, 5) is 26.2. The predicted octanol–water partition coefficient (Wildman–Crippen LogP) is 3.06. The van der Waals surface area contributed by atoms with Gasteiger partial charge in [0.25, 0.3) is 5.91 Å². The Hall–Kier alpha value is -2.39. The molecule has 1 aliphatic rings. The van der Waals surface area contributed by atoms with E-state index in [9.17, 15) is 18.0 Å². The van der Waals surface area contributed by atoms with Crippen LogP contribution in [0.25, 0.3) is 0 Å². The van der Waals surface area contributed by atoms with Gasteiger partial charge in [-0.1, -0.05) is 6.07 Å². The highest BCUT2D eigenvalue weighted by Crippen LogP contribution is 2.38. The van der Waals surface area contributed by atoms with E-state index in [1.807, 2.05) is 0 Å². The van der Waals surface area contributed by atoms with Crippen molar-refractivity contribution in [2.45, 2.75) is 25.7 Å². The molecule has 0 radical (unpaired) electrons. The molecule has 0 atom stereocenters. The SMILES string of the molecule is COC(=O)c1c(NC(=O)c2cccc(N(C)S(C)(=O)=O)c2)sc2c1CCCC2. The Morgan fingerprint density at radius 2 is 1.93 bits per heavy atom. The third-order valence-electron chi connectivity index (χ3n) is 4.76. The highest BCUT2D eigenvalue weighted by Gasteiger charge is 2.27. The fraction of sp³-hybridized carbons (Fsp3) is 0.368. The molecule has 0 spiro atoms. The van der Waals surface area contributed by atoms with Gasteiger partial charge in [-0.05, 0) is 49.4 Å². The minimum absolute atomic E-state index is 0.301. The van der Waals surface area contributed by atoms with Crippen LogP contribution in [-0.2, 0) is 27.6 Å². The number of carbonyl (C=O) groups is 2. The van der Waals surface area contributed by atoms with Gasteiger partial charge in [0.05, 0.1) is 24.6 Å². The number of anilines is 2. The van der Waals surface area contributed by atoms with Crippen LogP contribution in [0.3, 0.4) is 0 Å². The molecule has 1 amide bonds. The average molecular weight is 423 g/mol. The molecule has 1 heterocycles. The van der Waals surface area contributed by atoms with Crippen LogP contribution < -0.4 is 9.62 Å². The van der Waals surface area contributed by atoms with Crippen molar-refractivity contribution in [2.24, 2.45) is 0 Å². The molecule has 28 heavy (non-hydrogen) atoms. The normalized spacial score (nSPS) is 13.5. The number of nitrogens with zero attached hydrogens (tertiary/aromatic N) is 1. The summed E-state index contributed by atoms with van der Waals surface area (Å²) in [5, 5.41) is 3.29. The molecule has 0 fully saturated rings. The maximum atomic E-state index is 12.8. The van der Waals surface area contributed by atoms with E-state index in [2.05, 4.69) is 5.32 Å². The van der Waals surface area contributed by atoms with Gasteiger partial charge >= 0.3 is 5.97 Å². The van der Waals surface area contributed by atoms with Gasteiger partial charge in [0, 0.05) is 17.5 Å². The maximum Gasteiger partial charge on any atom is 0.341 e. The molecule has 1 aromatic carbocycles. The summed E-state index contributed by atoms with van der Waals surface area (Å²) < 4.78 is 29.5. The van der Waals surface area contributed by atoms with E-state index in [0.29, 0.717) is 21.8 Å². The fourth-order valence-corrected chi connectivity index (χ4v) is 4.95. The van der Waals surface area contributed by atoms with Crippen molar-refractivity contribution in [1.29, 1.82) is 0 Å². The lowest BCUT2D eigenvalue weighted by Gasteiger charge is -2.17. The molecule has 0 aliphatic heterocycles. The number of esters is 1. The molecular weight excluding hydrogens is 400 g/mol. The van der Waals surface area contributed by atoms with Gasteiger partial charge in [-0.2, -0.15) is 0 Å². The Labute approximate surface area is 168 Å². The smallest absolute Gasteiger partial charge is 0.341 e. The van der Waals surface area contributed by atoms with Gasteiger partial charge in [-0.15, -0.1) is 11.3 Å². The standard InChI is InChI=1S/C19H22N2O5S2/c1-21(28(3,24)25)13-8-6-7-12(11-13)17(22)20-18-16(19(23)26-2)14-9-4-5-10-15(14)27-18/h6-8,11H,4-5,9-10H2,1-3H3,(H,20,22). The Bertz CT molecular complexity index is 1030. The van der Waals surface area contributed by atoms with Crippen LogP contribution >= 0.6 is 11.3 Å². The van der Waals surface area contributed by atoms with Gasteiger partial charge in [0.15, 0.2) is 0 Å². The second kappa shape index (κ2) is 7.92. The van der Waals surface area contributed by atoms with E-state index in [-0.39, 0.29) is 0 Å². The van der Waals surface area contributed by atoms with Gasteiger partial charge in [-0.25, -0.2) is 13.2 Å². The van der Waals surface area contributed by atoms with Crippen molar-refractivity contribution in [1.82, 2.24) is 0 Å². The van der Waals surface area contributed by atoms with Gasteiger partial charge < -0.3 is 10.1 Å². The van der Waals surface area contributed by atoms with Crippen LogP contribution in [0, 0.1) is 0 Å². The summed E-state index contributed by atoms with van der Waals surface area (Å²) in [6, 6.07) is 6.33. The molecule has 2 aromatic rings. The molecular formula is C19H22N2O5S2. The molecule has 9 heteroatoms. The number of hydrogen-bond donors (Lipinski definition) is 1. The minimum atomic E-state index is -3.44. The van der Waals surface area contributed by atoms with E-state index >= 15 is 0 Å². The first-order chi connectivity index (χ1) is 13.2. The molecule has 1 aromatic heterocycles. The summed E-state index contributed by atoms with van der Waals surface area (Å²) in [5.41, 5.74) is 2.08. The number of benzene rings is 1. The van der Waals surface area contributed by atoms with Crippen LogP contribution in [0.15, 0.2) is 24.3 Å². The van der Waals surface area contributed by atoms with Crippen molar-refractivity contribution in [3.05, 3.63) is 45.8 Å². The van der Waals surface area contributed by atoms with Gasteiger partial charge in [-0.3, -0.25) is 9.10 Å². The molecule has 0 saturated carbocycles. The third kappa shape index (κ3) is 4.05. The first-order valence-electron chi connectivity index (χ1n) is 8.80. The minimum Gasteiger partial charge on any atom is -0.465 e. The fourth-order valence-electron chi connectivity index (χ4n) is 3.18. The number of carbonyl (C=O) groups excluding carboxylic acids is 2. The zero-order valence-electron chi connectivity index (χ0n) is 15.9. The highest BCUT2D eigenvalue weighted by molar-refractivity contribution is 7.92. The average Bonchev–Trinajstić information content (AvgIpc) is 3.03. The van der Waals surface area contributed by atoms with Crippen LogP contribution in [0.2, 0.25) is 0 Å². The molecule has 1 aliphatic carbocycles. The topological polar surface area (TPSA) is 92.8 Å². The Morgan fingerprint density at radius 1 is 1.21 bits per heavy atom. The van der Waals surface area contributed by atoms with Crippen LogP contribution in [0.1, 0.15) is 44.0 Å². The monoisotopic (exact) mass is 422 g/mol. The third-order valence-corrected chi connectivity index (χ3v) is 7.17. The Morgan fingerprint density at radius 3 is 2.61 bits per heavy atom. The van der Waals surface area contributed by atoms with Gasteiger partial charge in [0.2, 0.25) is 10.0 Å². The number of amides is 1. The molecule has 1 N–H and O–H groups in total. The number of thiophene rings is 1. The van der Waals surface area contributed by atoms with Crippen molar-refractivity contribution < 1.29 is 22.7 Å². The Kier molecular flexibility index (Phi) is 5.76. The van der Waals surface area contributed by atoms with Crippen LogP contribution in [0.4, 0.5) is 10.7 Å². The summed E-state index contributed by atoms with van der Waals surface area (Å²) in [5.74, 6) is -0.868. The van der Waals surface area contributed by atoms with E-state index in [0.717, 1.165) is 46.7 Å². The zero-order chi connectivity index (χ0) is 20.5. The largest absolute Gasteiger partial charge is 0.465 e. The summed E-state index contributed by atoms with van der Waals surface area (Å²) in [7, 11) is -0.688.